The minimum absolute atomic E-state index is 0. The van der Waals surface area contributed by atoms with Crippen molar-refractivity contribution in [3.05, 3.63) is 23.8 Å². The molecule has 4 nitrogen and oxygen atoms in total. The highest BCUT2D eigenvalue weighted by molar-refractivity contribution is 5.81. The molecule has 0 spiro atoms. The lowest BCUT2D eigenvalue weighted by atomic mass is 9.85. The van der Waals surface area contributed by atoms with Gasteiger partial charge in [0, 0.05) is 11.8 Å². The molecule has 1 aliphatic heterocycles. The van der Waals surface area contributed by atoms with Crippen LogP contribution in [0.25, 0.3) is 0 Å². The number of benzene rings is 1. The van der Waals surface area contributed by atoms with Gasteiger partial charge < -0.3 is 26.8 Å². The molecule has 1 heterocycles. The molecule has 3 rings (SSSR count). The van der Waals surface area contributed by atoms with Crippen LogP contribution in [0.5, 0.6) is 11.5 Å². The number of rotatable bonds is 7. The number of ether oxygens (including phenoxy) is 2. The number of quaternary nitrogens is 1. The second-order valence-electron chi connectivity index (χ2n) is 7.96. The largest absolute Gasteiger partial charge is 1.00 e. The van der Waals surface area contributed by atoms with E-state index >= 15 is 0 Å². The van der Waals surface area contributed by atoms with Crippen LogP contribution in [0.1, 0.15) is 62.8 Å². The van der Waals surface area contributed by atoms with Gasteiger partial charge in [-0.25, -0.2) is 0 Å². The number of methoxy groups -OCH3 is 2. The Morgan fingerprint density at radius 3 is 2.48 bits per heavy atom. The van der Waals surface area contributed by atoms with Crippen molar-refractivity contribution in [1.82, 2.24) is 0 Å². The Balaban J connectivity index is 0.00000261. The molecule has 2 unspecified atom stereocenters. The first-order valence-electron chi connectivity index (χ1n) is 10.3. The molecular weight excluding hydrogens is 362 g/mol. The van der Waals surface area contributed by atoms with E-state index in [9.17, 15) is 4.79 Å². The fourth-order valence-corrected chi connectivity index (χ4v) is 4.70. The van der Waals surface area contributed by atoms with Crippen LogP contribution in [-0.2, 0) is 4.79 Å². The number of hydrogen-bond acceptors (Lipinski definition) is 3. The SMILES string of the molecule is COc1ccc(C2CCC[NH+](CCC(=O)C3CCCCC3)C2)cc1OC.[Cl-]. The highest BCUT2D eigenvalue weighted by Crippen LogP contribution is 2.32. The third-order valence-corrected chi connectivity index (χ3v) is 6.28. The van der Waals surface area contributed by atoms with Crippen molar-refractivity contribution >= 4 is 5.78 Å². The van der Waals surface area contributed by atoms with Crippen LogP contribution in [0.3, 0.4) is 0 Å². The second kappa shape index (κ2) is 10.9. The van der Waals surface area contributed by atoms with Gasteiger partial charge in [-0.15, -0.1) is 0 Å². The van der Waals surface area contributed by atoms with Crippen molar-refractivity contribution in [2.24, 2.45) is 5.92 Å². The van der Waals surface area contributed by atoms with Crippen LogP contribution in [0.15, 0.2) is 18.2 Å². The Bertz CT molecular complexity index is 601. The molecule has 2 aliphatic rings. The number of likely N-dealkylation sites (tertiary alicyclic amines) is 1. The first-order valence-corrected chi connectivity index (χ1v) is 10.3. The van der Waals surface area contributed by atoms with Gasteiger partial charge in [-0.2, -0.15) is 0 Å². The molecule has 0 bridgehead atoms. The summed E-state index contributed by atoms with van der Waals surface area (Å²) in [6.45, 7) is 3.31. The predicted octanol–water partition coefficient (Wildman–Crippen LogP) is 0.00960. The van der Waals surface area contributed by atoms with E-state index in [-0.39, 0.29) is 12.4 Å². The molecule has 0 radical (unpaired) electrons. The molecule has 0 aromatic heterocycles. The lowest BCUT2D eigenvalue weighted by Crippen LogP contribution is -3.13. The molecule has 27 heavy (non-hydrogen) atoms. The molecule has 1 saturated heterocycles. The Labute approximate surface area is 170 Å². The van der Waals surface area contributed by atoms with E-state index in [0.717, 1.165) is 43.9 Å². The minimum Gasteiger partial charge on any atom is -1.00 e. The molecule has 2 fully saturated rings. The molecule has 0 amide bonds. The maximum atomic E-state index is 12.5. The van der Waals surface area contributed by atoms with Crippen LogP contribution in [0, 0.1) is 5.92 Å². The summed E-state index contributed by atoms with van der Waals surface area (Å²) in [7, 11) is 3.37. The number of piperidine rings is 1. The number of carbonyl (C=O) groups is 1. The van der Waals surface area contributed by atoms with E-state index < -0.39 is 0 Å². The number of Topliss-reactive ketones (excluding diaryl/α,β-unsaturated/α-hetero) is 1. The number of hydrogen-bond donors (Lipinski definition) is 1. The van der Waals surface area contributed by atoms with Gasteiger partial charge in [0.25, 0.3) is 0 Å². The Morgan fingerprint density at radius 2 is 1.78 bits per heavy atom. The van der Waals surface area contributed by atoms with Crippen molar-refractivity contribution < 1.29 is 31.6 Å². The molecule has 5 heteroatoms. The lowest BCUT2D eigenvalue weighted by molar-refractivity contribution is -0.905. The van der Waals surface area contributed by atoms with Crippen LogP contribution in [0.2, 0.25) is 0 Å². The molecule has 1 aliphatic carbocycles. The van der Waals surface area contributed by atoms with Crippen molar-refractivity contribution in [3.8, 4) is 11.5 Å². The first-order chi connectivity index (χ1) is 12.7. The van der Waals surface area contributed by atoms with Gasteiger partial charge in [-0.05, 0) is 43.4 Å². The molecule has 1 aromatic rings. The summed E-state index contributed by atoms with van der Waals surface area (Å²) in [6, 6.07) is 6.30. The van der Waals surface area contributed by atoms with E-state index in [1.54, 1.807) is 19.1 Å². The van der Waals surface area contributed by atoms with Gasteiger partial charge in [-0.3, -0.25) is 4.79 Å². The van der Waals surface area contributed by atoms with E-state index in [1.165, 1.54) is 44.2 Å². The molecule has 1 aromatic carbocycles. The van der Waals surface area contributed by atoms with Gasteiger partial charge in [0.1, 0.15) is 5.78 Å². The smallest absolute Gasteiger partial charge is 0.161 e. The monoisotopic (exact) mass is 395 g/mol. The zero-order valence-electron chi connectivity index (χ0n) is 16.8. The van der Waals surface area contributed by atoms with Gasteiger partial charge in [0.2, 0.25) is 0 Å². The van der Waals surface area contributed by atoms with Crippen molar-refractivity contribution in [2.75, 3.05) is 33.9 Å². The fourth-order valence-electron chi connectivity index (χ4n) is 4.70. The van der Waals surface area contributed by atoms with Crippen LogP contribution in [0.4, 0.5) is 0 Å². The van der Waals surface area contributed by atoms with E-state index in [1.807, 2.05) is 6.07 Å². The standard InChI is InChI=1S/C22H33NO3.ClH/c1-25-21-11-10-18(15-22(21)26-2)19-9-6-13-23(16-19)14-12-20(24)17-7-4-3-5-8-17;/h10-11,15,17,19H,3-9,12-14,16H2,1-2H3;1H. The number of halogens is 1. The topological polar surface area (TPSA) is 40.0 Å². The van der Waals surface area contributed by atoms with Gasteiger partial charge in [-0.1, -0.05) is 25.3 Å². The summed E-state index contributed by atoms with van der Waals surface area (Å²) in [6.07, 6.45) is 9.27. The second-order valence-corrected chi connectivity index (χ2v) is 7.96. The van der Waals surface area contributed by atoms with Gasteiger partial charge >= 0.3 is 0 Å². The zero-order chi connectivity index (χ0) is 18.4. The maximum absolute atomic E-state index is 12.5. The predicted molar refractivity (Wildman–Crippen MR) is 103 cm³/mol. The Kier molecular flexibility index (Phi) is 8.91. The van der Waals surface area contributed by atoms with E-state index in [0.29, 0.717) is 17.6 Å². The summed E-state index contributed by atoms with van der Waals surface area (Å²) in [5, 5.41) is 0. The quantitative estimate of drug-likeness (QED) is 0.707. The number of carbonyl (C=O) groups excluding carboxylic acids is 1. The zero-order valence-corrected chi connectivity index (χ0v) is 17.5. The van der Waals surface area contributed by atoms with Gasteiger partial charge in [0.15, 0.2) is 11.5 Å². The third-order valence-electron chi connectivity index (χ3n) is 6.28. The molecule has 152 valence electrons. The minimum atomic E-state index is 0. The summed E-state index contributed by atoms with van der Waals surface area (Å²) >= 11 is 0. The normalized spacial score (nSPS) is 23.3. The van der Waals surface area contributed by atoms with Crippen molar-refractivity contribution in [3.63, 3.8) is 0 Å². The van der Waals surface area contributed by atoms with Crippen LogP contribution in [-0.4, -0.2) is 39.6 Å². The van der Waals surface area contributed by atoms with Crippen LogP contribution >= 0.6 is 0 Å². The third kappa shape index (κ3) is 5.86. The molecule has 1 saturated carbocycles. The molecular formula is C22H34ClNO3. The van der Waals surface area contributed by atoms with E-state index in [4.69, 9.17) is 9.47 Å². The number of ketones is 1. The Hall–Kier alpha value is -1.26. The Morgan fingerprint density at radius 1 is 1.04 bits per heavy atom. The summed E-state index contributed by atoms with van der Waals surface area (Å²) in [5.41, 5.74) is 1.33. The summed E-state index contributed by atoms with van der Waals surface area (Å²) in [5.74, 6) is 3.02. The molecule has 2 atom stereocenters. The summed E-state index contributed by atoms with van der Waals surface area (Å²) in [4.78, 5) is 14.1. The highest BCUT2D eigenvalue weighted by atomic mass is 35.5. The number of nitrogens with one attached hydrogen (secondary N) is 1. The van der Waals surface area contributed by atoms with Crippen molar-refractivity contribution in [1.29, 1.82) is 0 Å². The average Bonchev–Trinajstić information content (AvgIpc) is 2.72. The van der Waals surface area contributed by atoms with E-state index in [2.05, 4.69) is 12.1 Å². The fraction of sp³-hybridized carbons (Fsp3) is 0.682. The highest BCUT2D eigenvalue weighted by Gasteiger charge is 2.27. The van der Waals surface area contributed by atoms with Crippen LogP contribution < -0.4 is 26.8 Å². The molecule has 1 N–H and O–H groups in total. The first kappa shape index (κ1) is 22.0. The van der Waals surface area contributed by atoms with Gasteiger partial charge in [0.05, 0.1) is 40.3 Å². The maximum Gasteiger partial charge on any atom is 0.161 e. The average molecular weight is 396 g/mol. The lowest BCUT2D eigenvalue weighted by Gasteiger charge is -2.31. The summed E-state index contributed by atoms with van der Waals surface area (Å²) < 4.78 is 10.8. The van der Waals surface area contributed by atoms with Crippen molar-refractivity contribution in [2.45, 2.75) is 57.3 Å².